The largest absolute Gasteiger partial charge is 3.00 e. The molecule has 0 atom stereocenters. The second-order valence-corrected chi connectivity index (χ2v) is 20.5. The van der Waals surface area contributed by atoms with E-state index in [1.807, 2.05) is 0 Å². The van der Waals surface area contributed by atoms with Gasteiger partial charge in [0.05, 0.1) is 0 Å². The quantitative estimate of drug-likeness (QED) is 0.0963. The van der Waals surface area contributed by atoms with Crippen LogP contribution >= 0.6 is 23.8 Å². The summed E-state index contributed by atoms with van der Waals surface area (Å²) in [5.41, 5.74) is 0. The molecule has 0 fully saturated rings. The van der Waals surface area contributed by atoms with Crippen molar-refractivity contribution in [2.24, 2.45) is 0 Å². The molecule has 257 valence electrons. The molecule has 0 aromatic rings. The second-order valence-electron chi connectivity index (χ2n) is 12.7. The van der Waals surface area contributed by atoms with E-state index in [2.05, 4.69) is 166 Å². The first kappa shape index (κ1) is 53.2. The Kier molecular flexibility index (Phi) is 38.1. The van der Waals surface area contributed by atoms with Crippen LogP contribution in [0.2, 0.25) is 0 Å². The van der Waals surface area contributed by atoms with Crippen LogP contribution in [0.1, 0.15) is 132 Å². The molecular weight excluding hydrogens is 607 g/mol. The van der Waals surface area contributed by atoms with E-state index in [0.717, 1.165) is 0 Å². The normalized spacial score (nSPS) is 12.1. The molecule has 7 heteroatoms. The summed E-state index contributed by atoms with van der Waals surface area (Å²) in [6, 6.07) is 2.92. The molecule has 0 aromatic carbocycles. The SMILES string of the molecule is CC(C)N(C(C)C)C(C)(N(C(C)C)C(C)C)N(C(C)C)C(C)C.[CH2-]P(CC)CC.[CH2-]P(CC)CC.[CH2-]P(CC)CC.[Cr+3]. The molecule has 0 heterocycles. The van der Waals surface area contributed by atoms with Crippen molar-refractivity contribution >= 4 is 23.8 Å². The number of rotatable bonds is 15. The van der Waals surface area contributed by atoms with Crippen molar-refractivity contribution < 1.29 is 17.4 Å². The molecule has 0 rings (SSSR count). The standard InChI is InChI=1S/C20H45N3.3C5H12P.Cr/c1-14(2)21(15(3)4)20(13,22(16(5)6)17(7)8)23(18(9)10)19(11)12;3*1-4-6(3)5-2;/h14-19H,1-13H3;3*3-5H2,1-2H3;/q;3*-1;+3. The molecular formula is C35H81CrN3P3. The molecule has 0 bridgehead atoms. The third-order valence-corrected chi connectivity index (χ3v) is 12.9. The Morgan fingerprint density at radius 1 is 0.405 bits per heavy atom. The zero-order valence-electron chi connectivity index (χ0n) is 32.4. The molecule has 0 aromatic heterocycles. The molecule has 0 aliphatic carbocycles. The topological polar surface area (TPSA) is 9.72 Å². The molecule has 3 nitrogen and oxygen atoms in total. The van der Waals surface area contributed by atoms with Gasteiger partial charge in [-0.2, -0.15) is 0 Å². The molecule has 0 aliphatic heterocycles. The van der Waals surface area contributed by atoms with Crippen LogP contribution in [0.5, 0.6) is 0 Å². The van der Waals surface area contributed by atoms with Gasteiger partial charge in [0.25, 0.3) is 0 Å². The van der Waals surface area contributed by atoms with Gasteiger partial charge < -0.3 is 20.0 Å². The van der Waals surface area contributed by atoms with Crippen LogP contribution in [0.15, 0.2) is 0 Å². The fourth-order valence-corrected chi connectivity index (χ4v) is 7.14. The summed E-state index contributed by atoms with van der Waals surface area (Å²) >= 11 is 0. The van der Waals surface area contributed by atoms with Gasteiger partial charge in [-0.25, -0.2) is 0 Å². The monoisotopic (exact) mass is 689 g/mol. The van der Waals surface area contributed by atoms with E-state index in [4.69, 9.17) is 0 Å². The van der Waals surface area contributed by atoms with Crippen molar-refractivity contribution in [3.05, 3.63) is 20.0 Å². The van der Waals surface area contributed by atoms with Crippen LogP contribution in [-0.4, -0.2) is 93.7 Å². The first-order valence-corrected chi connectivity index (χ1v) is 22.4. The minimum absolute atomic E-state index is 0. The molecule has 1 radical (unpaired) electrons. The molecule has 0 saturated heterocycles. The first-order valence-electron chi connectivity index (χ1n) is 16.7. The summed E-state index contributed by atoms with van der Waals surface area (Å²) in [5.74, 6) is -0.118. The van der Waals surface area contributed by atoms with Crippen molar-refractivity contribution in [2.75, 3.05) is 37.0 Å². The van der Waals surface area contributed by atoms with Crippen LogP contribution in [0.3, 0.4) is 0 Å². The Bertz CT molecular complexity index is 450. The Balaban J connectivity index is -0.000000194. The third kappa shape index (κ3) is 22.3. The number of nitrogens with zero attached hydrogens (tertiary/aromatic N) is 3. The van der Waals surface area contributed by atoms with E-state index in [-0.39, 0.29) is 46.9 Å². The van der Waals surface area contributed by atoms with E-state index in [0.29, 0.717) is 36.3 Å². The molecule has 0 saturated carbocycles. The zero-order chi connectivity index (χ0) is 33.7. The molecule has 42 heavy (non-hydrogen) atoms. The minimum atomic E-state index is -0.118. The fourth-order valence-electron chi connectivity index (χ4n) is 5.79. The van der Waals surface area contributed by atoms with E-state index >= 15 is 0 Å². The van der Waals surface area contributed by atoms with E-state index in [9.17, 15) is 0 Å². The summed E-state index contributed by atoms with van der Waals surface area (Å²) < 4.78 is 0. The maximum Gasteiger partial charge on any atom is 3.00 e. The van der Waals surface area contributed by atoms with Crippen molar-refractivity contribution in [2.45, 2.75) is 174 Å². The Hall–Kier alpha value is 1.70. The van der Waals surface area contributed by atoms with Crippen molar-refractivity contribution in [3.8, 4) is 0 Å². The van der Waals surface area contributed by atoms with Crippen LogP contribution < -0.4 is 0 Å². The summed E-state index contributed by atoms with van der Waals surface area (Å²) in [5, 5.41) is 0. The van der Waals surface area contributed by atoms with Crippen molar-refractivity contribution in [3.63, 3.8) is 0 Å². The van der Waals surface area contributed by atoms with Crippen LogP contribution in [0, 0.1) is 20.0 Å². The van der Waals surface area contributed by atoms with Crippen molar-refractivity contribution in [1.29, 1.82) is 0 Å². The maximum absolute atomic E-state index is 3.94. The average molecular weight is 689 g/mol. The van der Waals surface area contributed by atoms with Gasteiger partial charge in [-0.05, 0) is 90.0 Å². The Labute approximate surface area is 285 Å². The molecule has 0 aliphatic rings. The van der Waals surface area contributed by atoms with Gasteiger partial charge in [-0.1, -0.05) is 78.5 Å². The summed E-state index contributed by atoms with van der Waals surface area (Å²) in [6.45, 7) is 55.4. The van der Waals surface area contributed by atoms with E-state index < -0.39 is 0 Å². The molecule has 0 amide bonds. The van der Waals surface area contributed by atoms with Gasteiger partial charge in [-0.3, -0.25) is 38.5 Å². The van der Waals surface area contributed by atoms with Gasteiger partial charge in [0.2, 0.25) is 0 Å². The van der Waals surface area contributed by atoms with E-state index in [1.54, 1.807) is 0 Å². The smallest absolute Gasteiger partial charge is 0.317 e. The van der Waals surface area contributed by atoms with Gasteiger partial charge in [0.1, 0.15) is 5.79 Å². The minimum Gasteiger partial charge on any atom is -0.317 e. The molecule has 0 spiro atoms. The van der Waals surface area contributed by atoms with Crippen molar-refractivity contribution in [1.82, 2.24) is 14.7 Å². The summed E-state index contributed by atoms with van der Waals surface area (Å²) in [6.07, 6.45) is 7.70. The summed E-state index contributed by atoms with van der Waals surface area (Å²) in [7, 11) is 0.522. The first-order chi connectivity index (χ1) is 18.7. The summed E-state index contributed by atoms with van der Waals surface area (Å²) in [4.78, 5) is 8.06. The fraction of sp³-hybridized carbons (Fsp3) is 0.914. The van der Waals surface area contributed by atoms with Gasteiger partial charge >= 0.3 is 17.4 Å². The predicted octanol–water partition coefficient (Wildman–Crippen LogP) is 11.9. The average Bonchev–Trinajstić information content (AvgIpc) is 2.86. The molecule has 0 unspecified atom stereocenters. The van der Waals surface area contributed by atoms with Crippen LogP contribution in [0.25, 0.3) is 0 Å². The van der Waals surface area contributed by atoms with Crippen LogP contribution in [0.4, 0.5) is 0 Å². The molecule has 0 N–H and O–H groups in total. The zero-order valence-corrected chi connectivity index (χ0v) is 36.4. The number of hydrogen-bond acceptors (Lipinski definition) is 3. The van der Waals surface area contributed by atoms with E-state index in [1.165, 1.54) is 37.0 Å². The van der Waals surface area contributed by atoms with Gasteiger partial charge in [0, 0.05) is 36.3 Å². The van der Waals surface area contributed by atoms with Gasteiger partial charge in [0.15, 0.2) is 0 Å². The third-order valence-electron chi connectivity index (χ3n) is 7.49. The second kappa shape index (κ2) is 30.1. The maximum atomic E-state index is 3.94. The number of hydrogen-bond donors (Lipinski definition) is 0. The predicted molar refractivity (Wildman–Crippen MR) is 205 cm³/mol. The Morgan fingerprint density at radius 3 is 0.571 bits per heavy atom. The van der Waals surface area contributed by atoms with Gasteiger partial charge in [-0.15, -0.1) is 0 Å². The Morgan fingerprint density at radius 2 is 0.524 bits per heavy atom. The van der Waals surface area contributed by atoms with Crippen LogP contribution in [-0.2, 0) is 17.4 Å².